The highest BCUT2D eigenvalue weighted by Gasteiger charge is 2.45. The summed E-state index contributed by atoms with van der Waals surface area (Å²) in [5, 5.41) is 12.6. The Morgan fingerprint density at radius 3 is 2.33 bits per heavy atom. The summed E-state index contributed by atoms with van der Waals surface area (Å²) in [5.41, 5.74) is 0.969. The van der Waals surface area contributed by atoms with Gasteiger partial charge in [0.1, 0.15) is 11.5 Å². The van der Waals surface area contributed by atoms with E-state index in [1.165, 1.54) is 0 Å². The molecule has 5 nitrogen and oxygen atoms in total. The standard InChI is InChI=1S/C19H21NO4/c1-12-7-8-16(24-12)13(2)20-17(21)11-19(18(22)23)9-14-5-3-4-6-15(14)10-19/h3-8,13H,9-11H2,1-2H3,(H,20,21)(H,22,23)/t13-/m0/s1. The van der Waals surface area contributed by atoms with E-state index < -0.39 is 11.4 Å². The number of nitrogens with one attached hydrogen (secondary N) is 1. The number of benzene rings is 1. The average Bonchev–Trinajstić information content (AvgIpc) is 3.10. The number of carbonyl (C=O) groups excluding carboxylic acids is 1. The molecule has 1 atom stereocenters. The summed E-state index contributed by atoms with van der Waals surface area (Å²) < 4.78 is 5.51. The summed E-state index contributed by atoms with van der Waals surface area (Å²) in [5.74, 6) is 0.251. The van der Waals surface area contributed by atoms with Crippen LogP contribution in [0.2, 0.25) is 0 Å². The van der Waals surface area contributed by atoms with Crippen molar-refractivity contribution in [2.75, 3.05) is 0 Å². The maximum atomic E-state index is 12.4. The lowest BCUT2D eigenvalue weighted by Gasteiger charge is -2.24. The molecule has 0 aliphatic heterocycles. The molecule has 0 saturated heterocycles. The Hall–Kier alpha value is -2.56. The number of aliphatic carboxylic acids is 1. The first kappa shape index (κ1) is 16.3. The molecule has 1 aromatic carbocycles. The zero-order chi connectivity index (χ0) is 17.3. The zero-order valence-electron chi connectivity index (χ0n) is 13.8. The molecule has 3 rings (SSSR count). The lowest BCUT2D eigenvalue weighted by atomic mass is 9.81. The van der Waals surface area contributed by atoms with Crippen LogP contribution in [0, 0.1) is 12.3 Å². The molecule has 126 valence electrons. The van der Waals surface area contributed by atoms with E-state index in [9.17, 15) is 14.7 Å². The fraction of sp³-hybridized carbons (Fsp3) is 0.368. The van der Waals surface area contributed by atoms with Crippen LogP contribution in [0.25, 0.3) is 0 Å². The third-order valence-corrected chi connectivity index (χ3v) is 4.69. The fourth-order valence-electron chi connectivity index (χ4n) is 3.40. The molecule has 0 bridgehead atoms. The number of hydrogen-bond acceptors (Lipinski definition) is 3. The van der Waals surface area contributed by atoms with Gasteiger partial charge in [0.15, 0.2) is 0 Å². The van der Waals surface area contributed by atoms with Crippen molar-refractivity contribution in [3.05, 3.63) is 59.0 Å². The van der Waals surface area contributed by atoms with Crippen LogP contribution in [-0.2, 0) is 22.4 Å². The highest BCUT2D eigenvalue weighted by atomic mass is 16.4. The number of fused-ring (bicyclic) bond motifs is 1. The predicted octanol–water partition coefficient (Wildman–Crippen LogP) is 3.03. The van der Waals surface area contributed by atoms with E-state index >= 15 is 0 Å². The van der Waals surface area contributed by atoms with Gasteiger partial charge in [0, 0.05) is 6.42 Å². The maximum Gasteiger partial charge on any atom is 0.310 e. The van der Waals surface area contributed by atoms with Crippen molar-refractivity contribution in [1.29, 1.82) is 0 Å². The molecule has 1 aromatic heterocycles. The largest absolute Gasteiger partial charge is 0.481 e. The first-order chi connectivity index (χ1) is 11.4. The van der Waals surface area contributed by atoms with Crippen LogP contribution in [-0.4, -0.2) is 17.0 Å². The molecule has 0 radical (unpaired) electrons. The minimum atomic E-state index is -1.06. The van der Waals surface area contributed by atoms with Gasteiger partial charge in [-0.05, 0) is 49.9 Å². The molecule has 2 aromatic rings. The Kier molecular flexibility index (Phi) is 4.18. The summed E-state index contributed by atoms with van der Waals surface area (Å²) in [6.07, 6.45) is 0.737. The first-order valence-corrected chi connectivity index (χ1v) is 8.05. The van der Waals surface area contributed by atoms with Gasteiger partial charge in [-0.2, -0.15) is 0 Å². The van der Waals surface area contributed by atoms with Gasteiger partial charge < -0.3 is 14.8 Å². The van der Waals surface area contributed by atoms with Crippen LogP contribution in [0.5, 0.6) is 0 Å². The second kappa shape index (κ2) is 6.15. The van der Waals surface area contributed by atoms with Crippen LogP contribution < -0.4 is 5.32 Å². The van der Waals surface area contributed by atoms with E-state index in [0.717, 1.165) is 16.9 Å². The normalized spacial score (nSPS) is 16.4. The zero-order valence-corrected chi connectivity index (χ0v) is 13.8. The third kappa shape index (κ3) is 3.07. The van der Waals surface area contributed by atoms with E-state index in [4.69, 9.17) is 4.42 Å². The molecule has 1 aliphatic carbocycles. The predicted molar refractivity (Wildman–Crippen MR) is 88.5 cm³/mol. The second-order valence-corrected chi connectivity index (χ2v) is 6.62. The van der Waals surface area contributed by atoms with Gasteiger partial charge in [-0.25, -0.2) is 0 Å². The SMILES string of the molecule is Cc1ccc([C@H](C)NC(=O)CC2(C(=O)O)Cc3ccccc3C2)o1. The Labute approximate surface area is 140 Å². The molecule has 0 saturated carbocycles. The number of hydrogen-bond donors (Lipinski definition) is 2. The Morgan fingerprint density at radius 1 is 1.21 bits per heavy atom. The summed E-state index contributed by atoms with van der Waals surface area (Å²) in [4.78, 5) is 24.3. The fourth-order valence-corrected chi connectivity index (χ4v) is 3.40. The number of carbonyl (C=O) groups is 2. The van der Waals surface area contributed by atoms with Gasteiger partial charge in [0.25, 0.3) is 0 Å². The van der Waals surface area contributed by atoms with Crippen molar-refractivity contribution in [2.24, 2.45) is 5.41 Å². The van der Waals surface area contributed by atoms with E-state index in [0.29, 0.717) is 18.6 Å². The number of rotatable bonds is 5. The van der Waals surface area contributed by atoms with E-state index in [-0.39, 0.29) is 18.4 Å². The van der Waals surface area contributed by atoms with Gasteiger partial charge in [0.05, 0.1) is 11.5 Å². The summed E-state index contributed by atoms with van der Waals surface area (Å²) in [6.45, 7) is 3.67. The van der Waals surface area contributed by atoms with Crippen molar-refractivity contribution < 1.29 is 19.1 Å². The molecule has 1 aliphatic rings. The lowest BCUT2D eigenvalue weighted by Crippen LogP contribution is -2.39. The number of carboxylic acids is 1. The van der Waals surface area contributed by atoms with E-state index in [2.05, 4.69) is 5.32 Å². The van der Waals surface area contributed by atoms with E-state index in [1.807, 2.05) is 50.2 Å². The number of aryl methyl sites for hydroxylation is 1. The molecule has 0 unspecified atom stereocenters. The summed E-state index contributed by atoms with van der Waals surface area (Å²) >= 11 is 0. The van der Waals surface area contributed by atoms with Crippen molar-refractivity contribution in [3.8, 4) is 0 Å². The van der Waals surface area contributed by atoms with Gasteiger partial charge in [0.2, 0.25) is 5.91 Å². The third-order valence-electron chi connectivity index (χ3n) is 4.69. The van der Waals surface area contributed by atoms with Crippen LogP contribution >= 0.6 is 0 Å². The van der Waals surface area contributed by atoms with Crippen LogP contribution in [0.3, 0.4) is 0 Å². The number of carboxylic acid groups (broad SMARTS) is 1. The lowest BCUT2D eigenvalue weighted by molar-refractivity contribution is -0.151. The van der Waals surface area contributed by atoms with Crippen LogP contribution in [0.4, 0.5) is 0 Å². The van der Waals surface area contributed by atoms with Gasteiger partial charge in [-0.1, -0.05) is 24.3 Å². The monoisotopic (exact) mass is 327 g/mol. The Balaban J connectivity index is 1.71. The first-order valence-electron chi connectivity index (χ1n) is 8.05. The highest BCUT2D eigenvalue weighted by Crippen LogP contribution is 2.40. The molecule has 2 N–H and O–H groups in total. The second-order valence-electron chi connectivity index (χ2n) is 6.62. The van der Waals surface area contributed by atoms with Crippen molar-refractivity contribution >= 4 is 11.9 Å². The van der Waals surface area contributed by atoms with Gasteiger partial charge in [-0.3, -0.25) is 9.59 Å². The highest BCUT2D eigenvalue weighted by molar-refractivity contribution is 5.86. The van der Waals surface area contributed by atoms with Crippen LogP contribution in [0.15, 0.2) is 40.8 Å². The quantitative estimate of drug-likeness (QED) is 0.884. The molecular weight excluding hydrogens is 306 g/mol. The van der Waals surface area contributed by atoms with Gasteiger partial charge in [-0.15, -0.1) is 0 Å². The number of amides is 1. The molecule has 1 amide bonds. The number of furan rings is 1. The topological polar surface area (TPSA) is 79.5 Å². The average molecular weight is 327 g/mol. The van der Waals surface area contributed by atoms with Crippen molar-refractivity contribution in [1.82, 2.24) is 5.32 Å². The van der Waals surface area contributed by atoms with Crippen LogP contribution in [0.1, 0.15) is 42.0 Å². The molecule has 0 spiro atoms. The Morgan fingerprint density at radius 2 is 1.83 bits per heavy atom. The smallest absolute Gasteiger partial charge is 0.310 e. The van der Waals surface area contributed by atoms with Crippen molar-refractivity contribution in [2.45, 2.75) is 39.2 Å². The maximum absolute atomic E-state index is 12.4. The molecule has 0 fully saturated rings. The Bertz CT molecular complexity index is 752. The molecular formula is C19H21NO4. The van der Waals surface area contributed by atoms with Crippen molar-refractivity contribution in [3.63, 3.8) is 0 Å². The molecule has 5 heteroatoms. The minimum absolute atomic E-state index is 0.0406. The molecule has 24 heavy (non-hydrogen) atoms. The summed E-state index contributed by atoms with van der Waals surface area (Å²) in [6, 6.07) is 11.0. The minimum Gasteiger partial charge on any atom is -0.481 e. The molecule has 1 heterocycles. The van der Waals surface area contributed by atoms with Gasteiger partial charge >= 0.3 is 5.97 Å². The summed E-state index contributed by atoms with van der Waals surface area (Å²) in [7, 11) is 0. The van der Waals surface area contributed by atoms with E-state index in [1.54, 1.807) is 0 Å².